The number of rotatable bonds is 6. The third-order valence-corrected chi connectivity index (χ3v) is 4.50. The standard InChI is InChI=1S/C13H18N2O2S/c1-3-8-18(16,17)9-7-15(2)13-6-4-5-12(10-13)11-14/h4-6,10H,3,7-9H2,1-2H3. The van der Waals surface area contributed by atoms with Crippen LogP contribution in [0.3, 0.4) is 0 Å². The second-order valence-electron chi connectivity index (χ2n) is 4.24. The third kappa shape index (κ3) is 4.38. The van der Waals surface area contributed by atoms with E-state index in [4.69, 9.17) is 5.26 Å². The highest BCUT2D eigenvalue weighted by molar-refractivity contribution is 7.91. The summed E-state index contributed by atoms with van der Waals surface area (Å²) in [4.78, 5) is 1.86. The van der Waals surface area contributed by atoms with Crippen LogP contribution < -0.4 is 4.90 Å². The molecule has 0 bridgehead atoms. The second kappa shape index (κ2) is 6.41. The van der Waals surface area contributed by atoms with E-state index in [-0.39, 0.29) is 11.5 Å². The van der Waals surface area contributed by atoms with Gasteiger partial charge >= 0.3 is 0 Å². The molecule has 0 aliphatic heterocycles. The first-order chi connectivity index (χ1) is 8.48. The molecule has 0 N–H and O–H groups in total. The number of sulfone groups is 1. The van der Waals surface area contributed by atoms with Crippen LogP contribution in [0.15, 0.2) is 24.3 Å². The zero-order valence-electron chi connectivity index (χ0n) is 10.8. The summed E-state index contributed by atoms with van der Waals surface area (Å²) >= 11 is 0. The summed E-state index contributed by atoms with van der Waals surface area (Å²) in [6.45, 7) is 2.30. The highest BCUT2D eigenvalue weighted by atomic mass is 32.2. The summed E-state index contributed by atoms with van der Waals surface area (Å²) in [7, 11) is -1.13. The van der Waals surface area contributed by atoms with Crippen LogP contribution in [0.5, 0.6) is 0 Å². The smallest absolute Gasteiger partial charge is 0.152 e. The van der Waals surface area contributed by atoms with Crippen LogP contribution in [0, 0.1) is 11.3 Å². The fourth-order valence-electron chi connectivity index (χ4n) is 1.63. The van der Waals surface area contributed by atoms with Crippen LogP contribution in [0.2, 0.25) is 0 Å². The van der Waals surface area contributed by atoms with Crippen molar-refractivity contribution in [1.82, 2.24) is 0 Å². The van der Waals surface area contributed by atoms with E-state index in [0.29, 0.717) is 18.5 Å². The van der Waals surface area contributed by atoms with Gasteiger partial charge in [-0.15, -0.1) is 0 Å². The topological polar surface area (TPSA) is 61.2 Å². The van der Waals surface area contributed by atoms with E-state index < -0.39 is 9.84 Å². The van der Waals surface area contributed by atoms with Crippen LogP contribution in [-0.2, 0) is 9.84 Å². The molecule has 98 valence electrons. The summed E-state index contributed by atoms with van der Waals surface area (Å²) in [5, 5.41) is 8.81. The maximum Gasteiger partial charge on any atom is 0.152 e. The van der Waals surface area contributed by atoms with E-state index >= 15 is 0 Å². The van der Waals surface area contributed by atoms with Crippen molar-refractivity contribution in [3.8, 4) is 6.07 Å². The largest absolute Gasteiger partial charge is 0.374 e. The molecule has 0 spiro atoms. The van der Waals surface area contributed by atoms with E-state index in [1.807, 2.05) is 24.9 Å². The first kappa shape index (κ1) is 14.5. The SMILES string of the molecule is CCCS(=O)(=O)CCN(C)c1cccc(C#N)c1. The lowest BCUT2D eigenvalue weighted by Crippen LogP contribution is -2.26. The van der Waals surface area contributed by atoms with Crippen molar-refractivity contribution in [3.63, 3.8) is 0 Å². The van der Waals surface area contributed by atoms with Gasteiger partial charge in [-0.25, -0.2) is 8.42 Å². The van der Waals surface area contributed by atoms with E-state index in [0.717, 1.165) is 5.69 Å². The van der Waals surface area contributed by atoms with Crippen molar-refractivity contribution in [1.29, 1.82) is 5.26 Å². The van der Waals surface area contributed by atoms with Crippen molar-refractivity contribution >= 4 is 15.5 Å². The molecule has 0 radical (unpaired) electrons. The number of nitriles is 1. The Morgan fingerprint density at radius 2 is 2.06 bits per heavy atom. The fraction of sp³-hybridized carbons (Fsp3) is 0.462. The van der Waals surface area contributed by atoms with E-state index in [1.165, 1.54) is 0 Å². The van der Waals surface area contributed by atoms with Crippen molar-refractivity contribution in [2.75, 3.05) is 30.0 Å². The Balaban J connectivity index is 2.66. The van der Waals surface area contributed by atoms with E-state index in [9.17, 15) is 8.42 Å². The van der Waals surface area contributed by atoms with Gasteiger partial charge in [0, 0.05) is 25.0 Å². The Morgan fingerprint density at radius 1 is 1.33 bits per heavy atom. The van der Waals surface area contributed by atoms with Gasteiger partial charge in [0.15, 0.2) is 9.84 Å². The molecule has 18 heavy (non-hydrogen) atoms. The average molecular weight is 266 g/mol. The van der Waals surface area contributed by atoms with Crippen LogP contribution >= 0.6 is 0 Å². The third-order valence-electron chi connectivity index (χ3n) is 2.67. The summed E-state index contributed by atoms with van der Waals surface area (Å²) in [5.74, 6) is 0.382. The van der Waals surface area contributed by atoms with Crippen LogP contribution in [0.25, 0.3) is 0 Å². The Bertz CT molecular complexity index is 532. The molecule has 1 aromatic carbocycles. The minimum absolute atomic E-state index is 0.147. The quantitative estimate of drug-likeness (QED) is 0.788. The lowest BCUT2D eigenvalue weighted by molar-refractivity contribution is 0.594. The maximum atomic E-state index is 11.6. The molecule has 0 aliphatic rings. The lowest BCUT2D eigenvalue weighted by atomic mass is 10.2. The van der Waals surface area contributed by atoms with E-state index in [2.05, 4.69) is 6.07 Å². The molecular formula is C13H18N2O2S. The zero-order chi connectivity index (χ0) is 13.6. The molecule has 0 atom stereocenters. The summed E-state index contributed by atoms with van der Waals surface area (Å²) < 4.78 is 23.2. The molecule has 5 heteroatoms. The van der Waals surface area contributed by atoms with Crippen molar-refractivity contribution in [2.45, 2.75) is 13.3 Å². The molecule has 0 fully saturated rings. The highest BCUT2D eigenvalue weighted by Gasteiger charge is 2.11. The predicted octanol–water partition coefficient (Wildman–Crippen LogP) is 1.82. The minimum Gasteiger partial charge on any atom is -0.374 e. The van der Waals surface area contributed by atoms with Crippen LogP contribution in [0.1, 0.15) is 18.9 Å². The zero-order valence-corrected chi connectivity index (χ0v) is 11.6. The molecule has 0 amide bonds. The molecular weight excluding hydrogens is 248 g/mol. The molecule has 1 aromatic rings. The minimum atomic E-state index is -2.96. The molecule has 0 aliphatic carbocycles. The van der Waals surface area contributed by atoms with Crippen molar-refractivity contribution in [3.05, 3.63) is 29.8 Å². The van der Waals surface area contributed by atoms with Gasteiger partial charge in [-0.2, -0.15) is 5.26 Å². The normalized spacial score (nSPS) is 10.9. The number of anilines is 1. The van der Waals surface area contributed by atoms with Gasteiger partial charge in [0.25, 0.3) is 0 Å². The van der Waals surface area contributed by atoms with Crippen LogP contribution in [0.4, 0.5) is 5.69 Å². The Morgan fingerprint density at radius 3 is 2.67 bits per heavy atom. The number of hydrogen-bond donors (Lipinski definition) is 0. The molecule has 1 rings (SSSR count). The van der Waals surface area contributed by atoms with Gasteiger partial charge in [0.1, 0.15) is 0 Å². The number of hydrogen-bond acceptors (Lipinski definition) is 4. The maximum absolute atomic E-state index is 11.6. The first-order valence-corrected chi connectivity index (χ1v) is 7.72. The van der Waals surface area contributed by atoms with E-state index in [1.54, 1.807) is 18.2 Å². The summed E-state index contributed by atoms with van der Waals surface area (Å²) in [6, 6.07) is 9.22. The molecule has 0 heterocycles. The van der Waals surface area contributed by atoms with Gasteiger partial charge in [-0.1, -0.05) is 13.0 Å². The molecule has 0 aromatic heterocycles. The fourth-order valence-corrected chi connectivity index (χ4v) is 3.01. The number of benzene rings is 1. The van der Waals surface area contributed by atoms with Gasteiger partial charge in [-0.3, -0.25) is 0 Å². The van der Waals surface area contributed by atoms with Gasteiger partial charge in [0.05, 0.1) is 17.4 Å². The van der Waals surface area contributed by atoms with Crippen molar-refractivity contribution in [2.24, 2.45) is 0 Å². The average Bonchev–Trinajstić information content (AvgIpc) is 2.36. The summed E-state index contributed by atoms with van der Waals surface area (Å²) in [5.41, 5.74) is 1.44. The lowest BCUT2D eigenvalue weighted by Gasteiger charge is -2.19. The van der Waals surface area contributed by atoms with Gasteiger partial charge < -0.3 is 4.90 Å². The van der Waals surface area contributed by atoms with Gasteiger partial charge in [0.2, 0.25) is 0 Å². The molecule has 0 saturated heterocycles. The monoisotopic (exact) mass is 266 g/mol. The number of nitrogens with zero attached hydrogens (tertiary/aromatic N) is 2. The Kier molecular flexibility index (Phi) is 5.17. The Labute approximate surface area is 109 Å². The Hall–Kier alpha value is -1.54. The second-order valence-corrected chi connectivity index (χ2v) is 6.54. The van der Waals surface area contributed by atoms with Gasteiger partial charge in [-0.05, 0) is 24.6 Å². The first-order valence-electron chi connectivity index (χ1n) is 5.90. The molecule has 4 nitrogen and oxygen atoms in total. The molecule has 0 saturated carbocycles. The summed E-state index contributed by atoms with van der Waals surface area (Å²) in [6.07, 6.45) is 0.649. The molecule has 0 unspecified atom stereocenters. The predicted molar refractivity (Wildman–Crippen MR) is 73.4 cm³/mol. The van der Waals surface area contributed by atoms with Crippen molar-refractivity contribution < 1.29 is 8.42 Å². The highest BCUT2D eigenvalue weighted by Crippen LogP contribution is 2.14. The van der Waals surface area contributed by atoms with Crippen LogP contribution in [-0.4, -0.2) is 33.5 Å².